The van der Waals surface area contributed by atoms with Gasteiger partial charge in [0.2, 0.25) is 0 Å². The first-order valence-corrected chi connectivity index (χ1v) is 24.2. The highest BCUT2D eigenvalue weighted by molar-refractivity contribution is 6.15. The highest BCUT2D eigenvalue weighted by atomic mass is 16.3. The molecule has 10 aromatic carbocycles. The molecule has 1 aliphatic carbocycles. The van der Waals surface area contributed by atoms with Crippen LogP contribution in [0.1, 0.15) is 25.0 Å². The number of aromatic nitrogens is 4. The van der Waals surface area contributed by atoms with E-state index in [2.05, 4.69) is 194 Å². The van der Waals surface area contributed by atoms with Crippen LogP contribution in [0.3, 0.4) is 0 Å². The number of furan rings is 1. The number of hydrogen-bond donors (Lipinski definition) is 0. The summed E-state index contributed by atoms with van der Waals surface area (Å²) < 4.78 is 8.76. The summed E-state index contributed by atoms with van der Waals surface area (Å²) in [6.45, 7) is 4.70. The Balaban J connectivity index is 0.941. The van der Waals surface area contributed by atoms with Crippen LogP contribution in [0.5, 0.6) is 0 Å². The highest BCUT2D eigenvalue weighted by Gasteiger charge is 2.35. The quantitative estimate of drug-likeness (QED) is 0.160. The normalized spacial score (nSPS) is 12.8. The molecule has 3 aromatic heterocycles. The number of para-hydroxylation sites is 2. The van der Waals surface area contributed by atoms with Gasteiger partial charge in [0.15, 0.2) is 17.5 Å². The molecule has 5 nitrogen and oxygen atoms in total. The van der Waals surface area contributed by atoms with E-state index in [9.17, 15) is 0 Å². The van der Waals surface area contributed by atoms with E-state index in [1.54, 1.807) is 0 Å². The lowest BCUT2D eigenvalue weighted by molar-refractivity contribution is 0.660. The second kappa shape index (κ2) is 15.9. The fourth-order valence-corrected chi connectivity index (χ4v) is 11.1. The summed E-state index contributed by atoms with van der Waals surface area (Å²) in [7, 11) is 0. The summed E-state index contributed by atoms with van der Waals surface area (Å²) in [5, 5.41) is 4.50. The van der Waals surface area contributed by atoms with Gasteiger partial charge in [0.25, 0.3) is 0 Å². The summed E-state index contributed by atoms with van der Waals surface area (Å²) in [5.41, 5.74) is 19.9. The zero-order valence-electron chi connectivity index (χ0n) is 39.1. The third-order valence-electron chi connectivity index (χ3n) is 14.7. The second-order valence-corrected chi connectivity index (χ2v) is 19.2. The first kappa shape index (κ1) is 40.8. The third kappa shape index (κ3) is 6.65. The van der Waals surface area contributed by atoms with Crippen molar-refractivity contribution in [1.29, 1.82) is 0 Å². The van der Waals surface area contributed by atoms with E-state index < -0.39 is 0 Å². The first-order chi connectivity index (χ1) is 34.9. The minimum absolute atomic E-state index is 0.0883. The van der Waals surface area contributed by atoms with Gasteiger partial charge in [0.1, 0.15) is 11.2 Å². The molecule has 0 N–H and O–H groups in total. The molecule has 14 rings (SSSR count). The average molecular weight is 909 g/mol. The van der Waals surface area contributed by atoms with Gasteiger partial charge in [-0.2, -0.15) is 0 Å². The Labute approximate surface area is 411 Å². The van der Waals surface area contributed by atoms with E-state index in [1.165, 1.54) is 55.3 Å². The average Bonchev–Trinajstić information content (AvgIpc) is 4.05. The van der Waals surface area contributed by atoms with Gasteiger partial charge < -0.3 is 8.98 Å². The van der Waals surface area contributed by atoms with Crippen molar-refractivity contribution in [2.24, 2.45) is 0 Å². The molecule has 13 aromatic rings. The molecule has 71 heavy (non-hydrogen) atoms. The number of nitrogens with zero attached hydrogens (tertiary/aromatic N) is 4. The van der Waals surface area contributed by atoms with Gasteiger partial charge in [-0.25, -0.2) is 15.0 Å². The first-order valence-electron chi connectivity index (χ1n) is 24.2. The van der Waals surface area contributed by atoms with Crippen LogP contribution in [0.25, 0.3) is 128 Å². The maximum atomic E-state index is 6.34. The molecule has 0 aliphatic heterocycles. The Hall–Kier alpha value is -9.19. The van der Waals surface area contributed by atoms with Crippen molar-refractivity contribution in [3.8, 4) is 84.4 Å². The van der Waals surface area contributed by atoms with Gasteiger partial charge in [-0.15, -0.1) is 0 Å². The summed E-state index contributed by atoms with van der Waals surface area (Å²) in [5.74, 6) is 1.76. The van der Waals surface area contributed by atoms with Crippen LogP contribution >= 0.6 is 0 Å². The van der Waals surface area contributed by atoms with Crippen molar-refractivity contribution in [2.45, 2.75) is 19.3 Å². The molecule has 0 fully saturated rings. The number of hydrogen-bond acceptors (Lipinski definition) is 4. The Morgan fingerprint density at radius 1 is 0.338 bits per heavy atom. The van der Waals surface area contributed by atoms with Gasteiger partial charge in [-0.1, -0.05) is 190 Å². The molecule has 0 saturated heterocycles. The predicted molar refractivity (Wildman–Crippen MR) is 292 cm³/mol. The SMILES string of the molecule is CC1(C)c2ccccc2-c2ccc(-c3cccc(-c4cccc5c6cc(-c7ccccc7)ccc6n(-c6cccc(-c7nc(-c8ccccc8)nc(-c8ccc9c(c8)oc8ccccc89)n7)c6)c45)c3)cc21. The molecule has 0 atom stereocenters. The number of rotatable bonds is 7. The van der Waals surface area contributed by atoms with Crippen molar-refractivity contribution in [2.75, 3.05) is 0 Å². The van der Waals surface area contributed by atoms with Gasteiger partial charge in [0, 0.05) is 54.9 Å². The molecular weight excluding hydrogens is 865 g/mol. The van der Waals surface area contributed by atoms with Crippen molar-refractivity contribution in [3.05, 3.63) is 242 Å². The second-order valence-electron chi connectivity index (χ2n) is 19.2. The fraction of sp³-hybridized carbons (Fsp3) is 0.0455. The third-order valence-corrected chi connectivity index (χ3v) is 14.7. The largest absolute Gasteiger partial charge is 0.456 e. The molecule has 0 amide bonds. The van der Waals surface area contributed by atoms with E-state index in [-0.39, 0.29) is 5.41 Å². The van der Waals surface area contributed by atoms with Gasteiger partial charge in [-0.3, -0.25) is 0 Å². The lowest BCUT2D eigenvalue weighted by Crippen LogP contribution is -2.14. The van der Waals surface area contributed by atoms with Crippen LogP contribution in [0, 0.1) is 0 Å². The Morgan fingerprint density at radius 2 is 0.901 bits per heavy atom. The van der Waals surface area contributed by atoms with Gasteiger partial charge >= 0.3 is 0 Å². The van der Waals surface area contributed by atoms with Gasteiger partial charge in [0.05, 0.1) is 11.0 Å². The van der Waals surface area contributed by atoms with Gasteiger partial charge in [-0.05, 0) is 105 Å². The summed E-state index contributed by atoms with van der Waals surface area (Å²) >= 11 is 0. The van der Waals surface area contributed by atoms with Crippen molar-refractivity contribution in [1.82, 2.24) is 19.5 Å². The van der Waals surface area contributed by atoms with Crippen molar-refractivity contribution in [3.63, 3.8) is 0 Å². The molecule has 5 heteroatoms. The Bertz CT molecular complexity index is 4260. The summed E-state index contributed by atoms with van der Waals surface area (Å²) in [4.78, 5) is 15.5. The number of fused-ring (bicyclic) bond motifs is 9. The molecule has 0 radical (unpaired) electrons. The highest BCUT2D eigenvalue weighted by Crippen LogP contribution is 2.50. The minimum Gasteiger partial charge on any atom is -0.456 e. The van der Waals surface area contributed by atoms with Crippen LogP contribution in [0.4, 0.5) is 0 Å². The maximum absolute atomic E-state index is 6.34. The topological polar surface area (TPSA) is 56.7 Å². The Kier molecular flexibility index (Phi) is 9.17. The number of benzene rings is 10. The smallest absolute Gasteiger partial charge is 0.164 e. The molecule has 3 heterocycles. The molecular formula is C66H44N4O. The molecule has 1 aliphatic rings. The van der Waals surface area contributed by atoms with E-state index in [0.717, 1.165) is 66.5 Å². The van der Waals surface area contributed by atoms with Crippen LogP contribution in [-0.4, -0.2) is 19.5 Å². The van der Waals surface area contributed by atoms with Crippen LogP contribution < -0.4 is 0 Å². The van der Waals surface area contributed by atoms with E-state index in [1.807, 2.05) is 54.6 Å². The maximum Gasteiger partial charge on any atom is 0.164 e. The molecule has 0 bridgehead atoms. The molecule has 0 unspecified atom stereocenters. The van der Waals surface area contributed by atoms with E-state index >= 15 is 0 Å². The van der Waals surface area contributed by atoms with Crippen LogP contribution in [0.15, 0.2) is 235 Å². The lowest BCUT2D eigenvalue weighted by Gasteiger charge is -2.22. The minimum atomic E-state index is -0.0883. The van der Waals surface area contributed by atoms with Crippen LogP contribution in [-0.2, 0) is 5.41 Å². The summed E-state index contributed by atoms with van der Waals surface area (Å²) in [6.07, 6.45) is 0. The molecule has 0 spiro atoms. The van der Waals surface area contributed by atoms with E-state index in [4.69, 9.17) is 19.4 Å². The van der Waals surface area contributed by atoms with Crippen molar-refractivity contribution >= 4 is 43.7 Å². The predicted octanol–water partition coefficient (Wildman–Crippen LogP) is 17.2. The standard InChI is InChI=1S/C66H44N4O/c1-66(2)57-28-11-9-24-51(57)52-33-30-45(39-58(52)66)43-20-13-21-46(36-43)50-26-15-27-55-56-38-44(41-16-5-3-6-17-41)32-35-59(56)70(62(50)55)49-23-14-22-47(37-49)64-67-63(42-18-7-4-8-19-42)68-65(69-64)48-31-34-54-53-25-10-12-29-60(53)71-61(54)40-48/h3-40H,1-2H3. The fourth-order valence-electron chi connectivity index (χ4n) is 11.1. The van der Waals surface area contributed by atoms with Crippen LogP contribution in [0.2, 0.25) is 0 Å². The monoisotopic (exact) mass is 908 g/mol. The van der Waals surface area contributed by atoms with E-state index in [0.29, 0.717) is 17.5 Å². The Morgan fingerprint density at radius 3 is 1.75 bits per heavy atom. The zero-order valence-corrected chi connectivity index (χ0v) is 39.1. The summed E-state index contributed by atoms with van der Waals surface area (Å²) in [6, 6.07) is 82.3. The molecule has 334 valence electrons. The lowest BCUT2D eigenvalue weighted by atomic mass is 9.81. The van der Waals surface area contributed by atoms with Crippen molar-refractivity contribution < 1.29 is 4.42 Å². The zero-order chi connectivity index (χ0) is 47.2. The molecule has 0 saturated carbocycles.